The molecule has 1 aromatic rings. The molecule has 4 heteroatoms. The number of fused-ring (bicyclic) bond motifs is 1. The predicted octanol–water partition coefficient (Wildman–Crippen LogP) is 2.98. The lowest BCUT2D eigenvalue weighted by atomic mass is 10.0. The summed E-state index contributed by atoms with van der Waals surface area (Å²) in [5, 5.41) is 3.80. The normalized spacial score (nSPS) is 16.0. The van der Waals surface area contributed by atoms with Crippen molar-refractivity contribution < 1.29 is 9.53 Å². The summed E-state index contributed by atoms with van der Waals surface area (Å²) in [6.07, 6.45) is 1.36. The number of hydrogen-bond donors (Lipinski definition) is 1. The van der Waals surface area contributed by atoms with Crippen LogP contribution >= 0.6 is 15.9 Å². The molecule has 0 radical (unpaired) electrons. The summed E-state index contributed by atoms with van der Waals surface area (Å²) in [6.45, 7) is 2.84. The van der Waals surface area contributed by atoms with Gasteiger partial charge in [0.2, 0.25) is 5.91 Å². The molecule has 0 spiro atoms. The van der Waals surface area contributed by atoms with Crippen LogP contribution in [0, 0.1) is 5.92 Å². The fraction of sp³-hybridized carbons (Fsp3) is 0.462. The first kappa shape index (κ1) is 12.4. The Hall–Kier alpha value is -1.03. The fourth-order valence-electron chi connectivity index (χ4n) is 1.73. The maximum Gasteiger partial charge on any atom is 0.224 e. The van der Waals surface area contributed by atoms with Crippen molar-refractivity contribution in [2.24, 2.45) is 5.92 Å². The van der Waals surface area contributed by atoms with Crippen molar-refractivity contribution in [3.05, 3.63) is 23.8 Å². The summed E-state index contributed by atoms with van der Waals surface area (Å²) < 4.78 is 5.71. The number of carbonyl (C=O) groups excluding carboxylic acids is 1. The number of amides is 1. The van der Waals surface area contributed by atoms with Gasteiger partial charge in [-0.05, 0) is 36.1 Å². The molecule has 92 valence electrons. The third-order valence-corrected chi connectivity index (χ3v) is 3.88. The van der Waals surface area contributed by atoms with Gasteiger partial charge in [0.1, 0.15) is 5.75 Å². The van der Waals surface area contributed by atoms with Crippen LogP contribution in [0.1, 0.15) is 18.9 Å². The molecule has 0 saturated heterocycles. The maximum absolute atomic E-state index is 11.2. The molecule has 0 bridgehead atoms. The van der Waals surface area contributed by atoms with E-state index in [-0.39, 0.29) is 5.91 Å². The van der Waals surface area contributed by atoms with E-state index in [1.807, 2.05) is 18.2 Å². The number of hydrogen-bond acceptors (Lipinski definition) is 2. The zero-order valence-electron chi connectivity index (χ0n) is 9.83. The Morgan fingerprint density at radius 1 is 1.47 bits per heavy atom. The van der Waals surface area contributed by atoms with E-state index in [1.165, 1.54) is 0 Å². The van der Waals surface area contributed by atoms with Crippen LogP contribution in [0.25, 0.3) is 0 Å². The third-order valence-electron chi connectivity index (χ3n) is 2.77. The summed E-state index contributed by atoms with van der Waals surface area (Å²) in [5.41, 5.74) is 2.08. The molecule has 1 aliphatic rings. The Morgan fingerprint density at radius 3 is 3.06 bits per heavy atom. The summed E-state index contributed by atoms with van der Waals surface area (Å²) in [5.74, 6) is 1.47. The van der Waals surface area contributed by atoms with E-state index in [0.29, 0.717) is 18.9 Å². The van der Waals surface area contributed by atoms with E-state index in [1.54, 1.807) is 0 Å². The summed E-state index contributed by atoms with van der Waals surface area (Å²) in [6, 6.07) is 5.85. The molecule has 1 aromatic carbocycles. The minimum atomic E-state index is 0.0964. The van der Waals surface area contributed by atoms with Crippen LogP contribution in [-0.4, -0.2) is 17.8 Å². The van der Waals surface area contributed by atoms with Gasteiger partial charge < -0.3 is 10.1 Å². The van der Waals surface area contributed by atoms with E-state index in [2.05, 4.69) is 28.2 Å². The topological polar surface area (TPSA) is 38.3 Å². The van der Waals surface area contributed by atoms with Crippen LogP contribution in [0.4, 0.5) is 5.69 Å². The Morgan fingerprint density at radius 2 is 2.29 bits per heavy atom. The molecular weight excluding hydrogens is 282 g/mol. The number of alkyl halides is 1. The van der Waals surface area contributed by atoms with Gasteiger partial charge in [0.15, 0.2) is 0 Å². The number of rotatable bonds is 4. The molecule has 17 heavy (non-hydrogen) atoms. The molecule has 0 aromatic heterocycles. The smallest absolute Gasteiger partial charge is 0.224 e. The Labute approximate surface area is 110 Å². The number of benzene rings is 1. The van der Waals surface area contributed by atoms with Gasteiger partial charge >= 0.3 is 0 Å². The Kier molecular flexibility index (Phi) is 4.05. The second kappa shape index (κ2) is 5.54. The van der Waals surface area contributed by atoms with E-state index in [4.69, 9.17) is 4.74 Å². The number of anilines is 1. The van der Waals surface area contributed by atoms with Gasteiger partial charge in [0, 0.05) is 17.4 Å². The second-order valence-corrected chi connectivity index (χ2v) is 5.09. The van der Waals surface area contributed by atoms with Crippen molar-refractivity contribution >= 4 is 27.5 Å². The second-order valence-electron chi connectivity index (χ2n) is 4.44. The molecule has 1 unspecified atom stereocenters. The van der Waals surface area contributed by atoms with Gasteiger partial charge in [-0.2, -0.15) is 0 Å². The van der Waals surface area contributed by atoms with E-state index in [0.717, 1.165) is 28.8 Å². The highest BCUT2D eigenvalue weighted by Crippen LogP contribution is 2.27. The van der Waals surface area contributed by atoms with Crippen molar-refractivity contribution in [2.75, 3.05) is 17.3 Å². The first-order valence-corrected chi connectivity index (χ1v) is 6.92. The number of aryl methyl sites for hydroxylation is 1. The van der Waals surface area contributed by atoms with Crippen molar-refractivity contribution in [3.8, 4) is 5.75 Å². The van der Waals surface area contributed by atoms with Gasteiger partial charge in [0.05, 0.1) is 6.61 Å². The molecule has 1 heterocycles. The maximum atomic E-state index is 11.2. The standard InChI is InChI=1S/C13H16BrNO2/c1-9(7-14)8-17-11-3-4-12-10(6-11)2-5-13(16)15-12/h3-4,6,9H,2,5,7-8H2,1H3,(H,15,16). The number of ether oxygens (including phenoxy) is 1. The first-order chi connectivity index (χ1) is 8.19. The van der Waals surface area contributed by atoms with Crippen molar-refractivity contribution in [3.63, 3.8) is 0 Å². The van der Waals surface area contributed by atoms with E-state index in [9.17, 15) is 4.79 Å². The minimum Gasteiger partial charge on any atom is -0.493 e. The minimum absolute atomic E-state index is 0.0964. The largest absolute Gasteiger partial charge is 0.493 e. The van der Waals surface area contributed by atoms with Gasteiger partial charge in [-0.3, -0.25) is 4.79 Å². The first-order valence-electron chi connectivity index (χ1n) is 5.80. The molecule has 1 aliphatic heterocycles. The fourth-order valence-corrected chi connectivity index (χ4v) is 1.92. The van der Waals surface area contributed by atoms with Gasteiger partial charge in [-0.1, -0.05) is 22.9 Å². The average molecular weight is 298 g/mol. The Bertz CT molecular complexity index is 420. The molecular formula is C13H16BrNO2. The van der Waals surface area contributed by atoms with E-state index < -0.39 is 0 Å². The quantitative estimate of drug-likeness (QED) is 0.868. The number of halogens is 1. The lowest BCUT2D eigenvalue weighted by Gasteiger charge is -2.18. The molecule has 1 atom stereocenters. The molecule has 3 nitrogen and oxygen atoms in total. The summed E-state index contributed by atoms with van der Waals surface area (Å²) >= 11 is 3.43. The van der Waals surface area contributed by atoms with Crippen LogP contribution in [0.2, 0.25) is 0 Å². The van der Waals surface area contributed by atoms with Gasteiger partial charge in [-0.25, -0.2) is 0 Å². The third kappa shape index (κ3) is 3.22. The molecule has 1 amide bonds. The lowest BCUT2D eigenvalue weighted by Crippen LogP contribution is -2.19. The van der Waals surface area contributed by atoms with Crippen LogP contribution in [-0.2, 0) is 11.2 Å². The number of nitrogens with one attached hydrogen (secondary N) is 1. The molecule has 0 saturated carbocycles. The van der Waals surface area contributed by atoms with Gasteiger partial charge in [0.25, 0.3) is 0 Å². The molecule has 1 N–H and O–H groups in total. The highest BCUT2D eigenvalue weighted by atomic mass is 79.9. The number of carbonyl (C=O) groups is 1. The Balaban J connectivity index is 2.04. The average Bonchev–Trinajstić information content (AvgIpc) is 2.35. The van der Waals surface area contributed by atoms with Crippen LogP contribution in [0.3, 0.4) is 0 Å². The molecule has 2 rings (SSSR count). The molecule has 0 fully saturated rings. The summed E-state index contributed by atoms with van der Waals surface area (Å²) in [7, 11) is 0. The van der Waals surface area contributed by atoms with Crippen molar-refractivity contribution in [1.29, 1.82) is 0 Å². The monoisotopic (exact) mass is 297 g/mol. The van der Waals surface area contributed by atoms with Crippen molar-refractivity contribution in [2.45, 2.75) is 19.8 Å². The zero-order chi connectivity index (χ0) is 12.3. The van der Waals surface area contributed by atoms with Crippen LogP contribution in [0.5, 0.6) is 5.75 Å². The SMILES string of the molecule is CC(CBr)COc1ccc2c(c1)CCC(=O)N2. The van der Waals surface area contributed by atoms with Gasteiger partial charge in [-0.15, -0.1) is 0 Å². The highest BCUT2D eigenvalue weighted by molar-refractivity contribution is 9.09. The van der Waals surface area contributed by atoms with Crippen molar-refractivity contribution in [1.82, 2.24) is 0 Å². The lowest BCUT2D eigenvalue weighted by molar-refractivity contribution is -0.116. The van der Waals surface area contributed by atoms with Crippen LogP contribution < -0.4 is 10.1 Å². The van der Waals surface area contributed by atoms with Crippen LogP contribution in [0.15, 0.2) is 18.2 Å². The highest BCUT2D eigenvalue weighted by Gasteiger charge is 2.15. The summed E-state index contributed by atoms with van der Waals surface area (Å²) in [4.78, 5) is 11.2. The zero-order valence-corrected chi connectivity index (χ0v) is 11.4. The predicted molar refractivity (Wildman–Crippen MR) is 71.8 cm³/mol. The van der Waals surface area contributed by atoms with E-state index >= 15 is 0 Å². The molecule has 0 aliphatic carbocycles.